The molecule has 1 heterocycles. The second kappa shape index (κ2) is 4.41. The Labute approximate surface area is 101 Å². The zero-order chi connectivity index (χ0) is 11.7. The van der Waals surface area contributed by atoms with E-state index in [1.807, 2.05) is 6.20 Å². The van der Waals surface area contributed by atoms with Crippen LogP contribution in [0.3, 0.4) is 0 Å². The Morgan fingerprint density at radius 1 is 1.41 bits per heavy atom. The third-order valence-corrected chi connectivity index (χ3v) is 3.44. The van der Waals surface area contributed by atoms with E-state index in [1.54, 1.807) is 7.11 Å². The van der Waals surface area contributed by atoms with Gasteiger partial charge < -0.3 is 15.0 Å². The molecule has 90 valence electrons. The summed E-state index contributed by atoms with van der Waals surface area (Å²) < 4.78 is 5.28. The van der Waals surface area contributed by atoms with Crippen molar-refractivity contribution in [3.8, 4) is 0 Å². The molecule has 1 aliphatic rings. The van der Waals surface area contributed by atoms with E-state index in [-0.39, 0.29) is 0 Å². The Morgan fingerprint density at radius 2 is 2.29 bits per heavy atom. The maximum Gasteiger partial charge on any atom is 0.0666 e. The Morgan fingerprint density at radius 3 is 3.06 bits per heavy atom. The second-order valence-corrected chi connectivity index (χ2v) is 4.82. The third-order valence-electron chi connectivity index (χ3n) is 3.44. The first-order valence-electron chi connectivity index (χ1n) is 6.19. The SMILES string of the molecule is COCC(Nc1ccc2[nH]ccc2c1)C1CC1. The van der Waals surface area contributed by atoms with Crippen molar-refractivity contribution < 1.29 is 4.74 Å². The molecule has 0 amide bonds. The van der Waals surface area contributed by atoms with Crippen LogP contribution < -0.4 is 5.32 Å². The van der Waals surface area contributed by atoms with Gasteiger partial charge in [-0.05, 0) is 43.0 Å². The van der Waals surface area contributed by atoms with Crippen LogP contribution in [0.5, 0.6) is 0 Å². The Balaban J connectivity index is 1.77. The molecule has 1 aromatic carbocycles. The molecular formula is C14H18N2O. The van der Waals surface area contributed by atoms with Crippen molar-refractivity contribution >= 4 is 16.6 Å². The number of ether oxygens (including phenoxy) is 1. The monoisotopic (exact) mass is 230 g/mol. The van der Waals surface area contributed by atoms with Crippen LogP contribution >= 0.6 is 0 Å². The van der Waals surface area contributed by atoms with Gasteiger partial charge in [-0.2, -0.15) is 0 Å². The predicted molar refractivity (Wildman–Crippen MR) is 70.3 cm³/mol. The molecule has 0 saturated heterocycles. The van der Waals surface area contributed by atoms with Gasteiger partial charge in [0, 0.05) is 29.9 Å². The Hall–Kier alpha value is -1.48. The van der Waals surface area contributed by atoms with Crippen molar-refractivity contribution in [3.05, 3.63) is 30.5 Å². The maximum atomic E-state index is 5.28. The average Bonchev–Trinajstić information content (AvgIpc) is 3.07. The lowest BCUT2D eigenvalue weighted by atomic mass is 10.1. The summed E-state index contributed by atoms with van der Waals surface area (Å²) >= 11 is 0. The molecule has 0 bridgehead atoms. The number of anilines is 1. The fraction of sp³-hybridized carbons (Fsp3) is 0.429. The summed E-state index contributed by atoms with van der Waals surface area (Å²) in [7, 11) is 1.77. The van der Waals surface area contributed by atoms with E-state index in [2.05, 4.69) is 34.6 Å². The van der Waals surface area contributed by atoms with Gasteiger partial charge in [0.25, 0.3) is 0 Å². The number of methoxy groups -OCH3 is 1. The van der Waals surface area contributed by atoms with Crippen LogP contribution in [0, 0.1) is 5.92 Å². The first kappa shape index (κ1) is 10.7. The summed E-state index contributed by atoms with van der Waals surface area (Å²) in [5.41, 5.74) is 2.37. The minimum absolute atomic E-state index is 0.455. The number of hydrogen-bond donors (Lipinski definition) is 2. The highest BCUT2D eigenvalue weighted by molar-refractivity contribution is 5.83. The quantitative estimate of drug-likeness (QED) is 0.828. The molecule has 0 radical (unpaired) electrons. The summed E-state index contributed by atoms with van der Waals surface area (Å²) in [5.74, 6) is 0.789. The third kappa shape index (κ3) is 2.29. The molecule has 1 fully saturated rings. The van der Waals surface area contributed by atoms with E-state index in [1.165, 1.54) is 29.4 Å². The highest BCUT2D eigenvalue weighted by atomic mass is 16.5. The van der Waals surface area contributed by atoms with E-state index >= 15 is 0 Å². The van der Waals surface area contributed by atoms with E-state index in [0.29, 0.717) is 6.04 Å². The van der Waals surface area contributed by atoms with E-state index < -0.39 is 0 Å². The zero-order valence-corrected chi connectivity index (χ0v) is 10.1. The molecular weight excluding hydrogens is 212 g/mol. The number of aromatic nitrogens is 1. The van der Waals surface area contributed by atoms with Crippen molar-refractivity contribution in [3.63, 3.8) is 0 Å². The lowest BCUT2D eigenvalue weighted by molar-refractivity contribution is 0.179. The highest BCUT2D eigenvalue weighted by Crippen LogP contribution is 2.34. The normalized spacial score (nSPS) is 17.2. The zero-order valence-electron chi connectivity index (χ0n) is 10.1. The molecule has 1 saturated carbocycles. The fourth-order valence-electron chi connectivity index (χ4n) is 2.33. The summed E-state index contributed by atoms with van der Waals surface area (Å²) in [4.78, 5) is 3.21. The summed E-state index contributed by atoms with van der Waals surface area (Å²) in [5, 5.41) is 4.84. The van der Waals surface area contributed by atoms with Crippen LogP contribution in [0.25, 0.3) is 10.9 Å². The van der Waals surface area contributed by atoms with Crippen molar-refractivity contribution in [2.75, 3.05) is 19.0 Å². The van der Waals surface area contributed by atoms with Gasteiger partial charge in [0.05, 0.1) is 12.6 Å². The number of H-pyrrole nitrogens is 1. The van der Waals surface area contributed by atoms with E-state index in [0.717, 1.165) is 12.5 Å². The molecule has 2 N–H and O–H groups in total. The minimum Gasteiger partial charge on any atom is -0.383 e. The van der Waals surface area contributed by atoms with Crippen LogP contribution in [0.2, 0.25) is 0 Å². The molecule has 2 aromatic rings. The largest absolute Gasteiger partial charge is 0.383 e. The summed E-state index contributed by atoms with van der Waals surface area (Å²) in [6.45, 7) is 0.788. The van der Waals surface area contributed by atoms with Crippen LogP contribution in [0.4, 0.5) is 5.69 Å². The maximum absolute atomic E-state index is 5.28. The molecule has 1 atom stereocenters. The van der Waals surface area contributed by atoms with Crippen LogP contribution in [0.15, 0.2) is 30.5 Å². The topological polar surface area (TPSA) is 37.0 Å². The number of fused-ring (bicyclic) bond motifs is 1. The molecule has 3 rings (SSSR count). The number of nitrogens with one attached hydrogen (secondary N) is 2. The average molecular weight is 230 g/mol. The summed E-state index contributed by atoms with van der Waals surface area (Å²) in [6, 6.07) is 8.99. The van der Waals surface area contributed by atoms with E-state index in [9.17, 15) is 0 Å². The first-order chi connectivity index (χ1) is 8.36. The van der Waals surface area contributed by atoms with Crippen molar-refractivity contribution in [1.29, 1.82) is 0 Å². The predicted octanol–water partition coefficient (Wildman–Crippen LogP) is 3.00. The molecule has 17 heavy (non-hydrogen) atoms. The van der Waals surface area contributed by atoms with Gasteiger partial charge in [-0.1, -0.05) is 0 Å². The summed E-state index contributed by atoms with van der Waals surface area (Å²) in [6.07, 6.45) is 4.63. The molecule has 1 aromatic heterocycles. The molecule has 0 aliphatic heterocycles. The van der Waals surface area contributed by atoms with Crippen LogP contribution in [-0.2, 0) is 4.74 Å². The lowest BCUT2D eigenvalue weighted by Gasteiger charge is -2.18. The van der Waals surface area contributed by atoms with E-state index in [4.69, 9.17) is 4.74 Å². The number of hydrogen-bond acceptors (Lipinski definition) is 2. The smallest absolute Gasteiger partial charge is 0.0666 e. The highest BCUT2D eigenvalue weighted by Gasteiger charge is 2.31. The lowest BCUT2D eigenvalue weighted by Crippen LogP contribution is -2.27. The van der Waals surface area contributed by atoms with Gasteiger partial charge in [-0.3, -0.25) is 0 Å². The van der Waals surface area contributed by atoms with Gasteiger partial charge in [-0.15, -0.1) is 0 Å². The van der Waals surface area contributed by atoms with Crippen molar-refractivity contribution in [2.45, 2.75) is 18.9 Å². The fourth-order valence-corrected chi connectivity index (χ4v) is 2.33. The second-order valence-electron chi connectivity index (χ2n) is 4.82. The number of benzene rings is 1. The van der Waals surface area contributed by atoms with Crippen molar-refractivity contribution in [1.82, 2.24) is 4.98 Å². The molecule has 1 unspecified atom stereocenters. The number of rotatable bonds is 5. The molecule has 3 heteroatoms. The van der Waals surface area contributed by atoms with Crippen LogP contribution in [0.1, 0.15) is 12.8 Å². The standard InChI is InChI=1S/C14H18N2O/c1-17-9-14(10-2-3-10)16-12-4-5-13-11(8-12)6-7-15-13/h4-8,10,14-16H,2-3,9H2,1H3. The van der Waals surface area contributed by atoms with Crippen molar-refractivity contribution in [2.24, 2.45) is 5.92 Å². The van der Waals surface area contributed by atoms with Gasteiger partial charge >= 0.3 is 0 Å². The minimum atomic E-state index is 0.455. The van der Waals surface area contributed by atoms with Gasteiger partial charge in [0.2, 0.25) is 0 Å². The van der Waals surface area contributed by atoms with Gasteiger partial charge in [-0.25, -0.2) is 0 Å². The van der Waals surface area contributed by atoms with Gasteiger partial charge in [0.15, 0.2) is 0 Å². The number of aromatic amines is 1. The molecule has 1 aliphatic carbocycles. The van der Waals surface area contributed by atoms with Gasteiger partial charge in [0.1, 0.15) is 0 Å². The Kier molecular flexibility index (Phi) is 2.77. The van der Waals surface area contributed by atoms with Crippen LogP contribution in [-0.4, -0.2) is 24.7 Å². The molecule has 0 spiro atoms. The Bertz CT molecular complexity index is 502. The first-order valence-corrected chi connectivity index (χ1v) is 6.19. The molecule has 3 nitrogen and oxygen atoms in total.